The van der Waals surface area contributed by atoms with E-state index in [4.69, 9.17) is 27.9 Å². The second kappa shape index (κ2) is 11.9. The maximum absolute atomic E-state index is 12.1. The van der Waals surface area contributed by atoms with E-state index in [2.05, 4.69) is 21.2 Å². The van der Waals surface area contributed by atoms with Gasteiger partial charge in [0.2, 0.25) is 0 Å². The summed E-state index contributed by atoms with van der Waals surface area (Å²) in [5, 5.41) is 9.49. The van der Waals surface area contributed by atoms with E-state index in [1.165, 1.54) is 6.21 Å². The summed E-state index contributed by atoms with van der Waals surface area (Å²) in [6.07, 6.45) is 2.06. The predicted octanol–water partition coefficient (Wildman–Crippen LogP) is 3.38. The molecule has 0 fully saturated rings. The first-order valence-electron chi connectivity index (χ1n) is 9.40. The minimum Gasteiger partial charge on any atom is -0.484 e. The maximum atomic E-state index is 12.1. The van der Waals surface area contributed by atoms with Crippen LogP contribution in [0.1, 0.15) is 25.8 Å². The number of rotatable bonds is 8. The van der Waals surface area contributed by atoms with Gasteiger partial charge >= 0.3 is 11.8 Å². The van der Waals surface area contributed by atoms with Gasteiger partial charge < -0.3 is 15.4 Å². The van der Waals surface area contributed by atoms with Gasteiger partial charge in [-0.1, -0.05) is 48.3 Å². The largest absolute Gasteiger partial charge is 0.484 e. The number of ether oxygens (including phenoxy) is 1. The molecule has 0 aliphatic carbocycles. The van der Waals surface area contributed by atoms with Gasteiger partial charge in [0, 0.05) is 6.04 Å². The van der Waals surface area contributed by atoms with Crippen LogP contribution in [-0.2, 0) is 14.4 Å². The lowest BCUT2D eigenvalue weighted by Gasteiger charge is -2.10. The number of carbonyl (C=O) groups is 3. The number of nitrogens with zero attached hydrogens (tertiary/aromatic N) is 1. The molecule has 2 aromatic carbocycles. The lowest BCUT2D eigenvalue weighted by Crippen LogP contribution is -2.41. The highest BCUT2D eigenvalue weighted by atomic mass is 35.5. The first-order valence-corrected chi connectivity index (χ1v) is 10.2. The fourth-order valence-corrected chi connectivity index (χ4v) is 2.58. The van der Waals surface area contributed by atoms with Crippen molar-refractivity contribution < 1.29 is 19.1 Å². The average Bonchev–Trinajstić information content (AvgIpc) is 2.75. The van der Waals surface area contributed by atoms with Crippen LogP contribution in [0, 0.1) is 0 Å². The van der Waals surface area contributed by atoms with Gasteiger partial charge in [-0.15, -0.1) is 0 Å². The third kappa shape index (κ3) is 7.92. The van der Waals surface area contributed by atoms with Crippen LogP contribution >= 0.6 is 23.2 Å². The van der Waals surface area contributed by atoms with Crippen molar-refractivity contribution in [3.8, 4) is 5.75 Å². The average molecular weight is 465 g/mol. The molecule has 3 N–H and O–H groups in total. The van der Waals surface area contributed by atoms with Gasteiger partial charge in [0.15, 0.2) is 6.61 Å². The molecular formula is C21H22Cl2N4O4. The highest BCUT2D eigenvalue weighted by molar-refractivity contribution is 6.44. The Kier molecular flexibility index (Phi) is 9.30. The zero-order valence-corrected chi connectivity index (χ0v) is 18.5. The number of hydrogen-bond acceptors (Lipinski definition) is 5. The van der Waals surface area contributed by atoms with Crippen molar-refractivity contribution in [1.29, 1.82) is 0 Å². The van der Waals surface area contributed by atoms with Gasteiger partial charge in [-0.05, 0) is 43.2 Å². The van der Waals surface area contributed by atoms with E-state index in [0.29, 0.717) is 28.4 Å². The van der Waals surface area contributed by atoms with Crippen molar-refractivity contribution in [2.24, 2.45) is 5.10 Å². The quantitative estimate of drug-likeness (QED) is 0.316. The van der Waals surface area contributed by atoms with Crippen molar-refractivity contribution in [2.75, 3.05) is 11.9 Å². The fourth-order valence-electron chi connectivity index (χ4n) is 2.23. The smallest absolute Gasteiger partial charge is 0.329 e. The van der Waals surface area contributed by atoms with E-state index >= 15 is 0 Å². The number of hydrazone groups is 1. The van der Waals surface area contributed by atoms with Gasteiger partial charge in [-0.25, -0.2) is 5.43 Å². The van der Waals surface area contributed by atoms with Crippen LogP contribution in [0.2, 0.25) is 10.0 Å². The molecule has 10 heteroatoms. The van der Waals surface area contributed by atoms with Gasteiger partial charge in [0.05, 0.1) is 21.9 Å². The molecule has 0 aliphatic rings. The Morgan fingerprint density at radius 1 is 1.13 bits per heavy atom. The Hall–Kier alpha value is -3.10. The molecule has 0 unspecified atom stereocenters. The predicted molar refractivity (Wildman–Crippen MR) is 121 cm³/mol. The number of halogens is 2. The third-order valence-electron chi connectivity index (χ3n) is 4.03. The summed E-state index contributed by atoms with van der Waals surface area (Å²) in [5.41, 5.74) is 3.14. The number of anilines is 1. The van der Waals surface area contributed by atoms with Gasteiger partial charge in [0.1, 0.15) is 5.75 Å². The van der Waals surface area contributed by atoms with Crippen molar-refractivity contribution >= 4 is 52.8 Å². The van der Waals surface area contributed by atoms with Crippen LogP contribution in [0.3, 0.4) is 0 Å². The Morgan fingerprint density at radius 2 is 1.87 bits per heavy atom. The lowest BCUT2D eigenvalue weighted by atomic mass is 10.2. The standard InChI is InChI=1S/C21H22Cl2N4O4/c1-3-13(2)25-20(29)21(30)27-24-11-14-6-4-7-15(10-14)31-12-18(28)26-17-9-5-8-16(22)19(17)23/h4-11,13H,3,12H2,1-2H3,(H,25,29)(H,26,28)(H,27,30)/b24-11-/t13-/m1/s1. The van der Waals surface area contributed by atoms with Crippen LogP contribution in [0.25, 0.3) is 0 Å². The minimum absolute atomic E-state index is 0.108. The van der Waals surface area contributed by atoms with Crippen molar-refractivity contribution in [3.05, 3.63) is 58.1 Å². The van der Waals surface area contributed by atoms with Crippen molar-refractivity contribution in [2.45, 2.75) is 26.3 Å². The summed E-state index contributed by atoms with van der Waals surface area (Å²) in [6, 6.07) is 11.5. The summed E-state index contributed by atoms with van der Waals surface area (Å²) in [7, 11) is 0. The Labute approximate surface area is 189 Å². The molecule has 0 saturated carbocycles. The van der Waals surface area contributed by atoms with E-state index in [-0.39, 0.29) is 17.7 Å². The van der Waals surface area contributed by atoms with Crippen LogP contribution in [0.15, 0.2) is 47.6 Å². The lowest BCUT2D eigenvalue weighted by molar-refractivity contribution is -0.139. The highest BCUT2D eigenvalue weighted by Gasteiger charge is 2.14. The zero-order valence-electron chi connectivity index (χ0n) is 16.9. The summed E-state index contributed by atoms with van der Waals surface area (Å²) < 4.78 is 5.47. The number of carbonyl (C=O) groups excluding carboxylic acids is 3. The van der Waals surface area contributed by atoms with E-state index in [0.717, 1.165) is 0 Å². The van der Waals surface area contributed by atoms with Crippen molar-refractivity contribution in [1.82, 2.24) is 10.7 Å². The normalized spacial score (nSPS) is 11.6. The third-order valence-corrected chi connectivity index (χ3v) is 4.85. The molecule has 0 aromatic heterocycles. The summed E-state index contributed by atoms with van der Waals surface area (Å²) in [4.78, 5) is 35.5. The van der Waals surface area contributed by atoms with E-state index < -0.39 is 17.7 Å². The molecule has 3 amide bonds. The molecule has 0 spiro atoms. The van der Waals surface area contributed by atoms with Gasteiger partial charge in [-0.2, -0.15) is 5.10 Å². The fraction of sp³-hybridized carbons (Fsp3) is 0.238. The van der Waals surface area contributed by atoms with E-state index in [1.54, 1.807) is 49.4 Å². The topological polar surface area (TPSA) is 109 Å². The first kappa shape index (κ1) is 24.2. The van der Waals surface area contributed by atoms with Crippen LogP contribution in [0.5, 0.6) is 5.75 Å². The number of hydrogen-bond donors (Lipinski definition) is 3. The molecule has 0 radical (unpaired) electrons. The second-order valence-electron chi connectivity index (χ2n) is 6.49. The van der Waals surface area contributed by atoms with Gasteiger partial charge in [0.25, 0.3) is 5.91 Å². The van der Waals surface area contributed by atoms with Gasteiger partial charge in [-0.3, -0.25) is 14.4 Å². The molecule has 8 nitrogen and oxygen atoms in total. The molecule has 31 heavy (non-hydrogen) atoms. The molecular weight excluding hydrogens is 443 g/mol. The number of amides is 3. The molecule has 0 saturated heterocycles. The number of benzene rings is 2. The van der Waals surface area contributed by atoms with Crippen LogP contribution in [0.4, 0.5) is 5.69 Å². The maximum Gasteiger partial charge on any atom is 0.329 e. The zero-order chi connectivity index (χ0) is 22.8. The molecule has 0 bridgehead atoms. The highest BCUT2D eigenvalue weighted by Crippen LogP contribution is 2.29. The number of nitrogens with one attached hydrogen (secondary N) is 3. The monoisotopic (exact) mass is 464 g/mol. The molecule has 164 valence electrons. The summed E-state index contributed by atoms with van der Waals surface area (Å²) in [6.45, 7) is 3.44. The Bertz CT molecular complexity index is 982. The van der Waals surface area contributed by atoms with E-state index in [9.17, 15) is 14.4 Å². The first-order chi connectivity index (χ1) is 14.8. The molecule has 2 rings (SSSR count). The minimum atomic E-state index is -0.861. The van der Waals surface area contributed by atoms with E-state index in [1.807, 2.05) is 6.92 Å². The van der Waals surface area contributed by atoms with Crippen molar-refractivity contribution in [3.63, 3.8) is 0 Å². The SMILES string of the molecule is CC[C@@H](C)NC(=O)C(=O)N/N=C\c1cccc(OCC(=O)Nc2cccc(Cl)c2Cl)c1. The Morgan fingerprint density at radius 3 is 2.61 bits per heavy atom. The second-order valence-corrected chi connectivity index (χ2v) is 7.28. The van der Waals surface area contributed by atoms with Crippen LogP contribution < -0.4 is 20.8 Å². The molecule has 1 atom stereocenters. The molecule has 0 heterocycles. The molecule has 0 aliphatic heterocycles. The summed E-state index contributed by atoms with van der Waals surface area (Å²) in [5.74, 6) is -1.62. The summed E-state index contributed by atoms with van der Waals surface area (Å²) >= 11 is 12.0. The molecule has 2 aromatic rings. The van der Waals surface area contributed by atoms with Crippen LogP contribution in [-0.4, -0.2) is 36.6 Å². The Balaban J connectivity index is 1.86.